The van der Waals surface area contributed by atoms with Crippen LogP contribution in [0.5, 0.6) is 0 Å². The third-order valence-electron chi connectivity index (χ3n) is 14.7. The normalized spacial score (nSPS) is 15.7. The van der Waals surface area contributed by atoms with Gasteiger partial charge in [0.25, 0.3) is 31.6 Å². The van der Waals surface area contributed by atoms with Crippen LogP contribution in [0.15, 0.2) is 155 Å². The van der Waals surface area contributed by atoms with Crippen LogP contribution in [0.2, 0.25) is 0 Å². The van der Waals surface area contributed by atoms with Crippen molar-refractivity contribution >= 4 is 92.9 Å². The quantitative estimate of drug-likeness (QED) is 0.0906. The number of likely N-dealkylation sites (N-methyl/N-ethyl adjacent to an activating group) is 1. The lowest BCUT2D eigenvalue weighted by Crippen LogP contribution is -2.50. The molecule has 81 heavy (non-hydrogen) atoms. The summed E-state index contributed by atoms with van der Waals surface area (Å²) in [5, 5.41) is 14.5. The van der Waals surface area contributed by atoms with Crippen molar-refractivity contribution in [2.24, 2.45) is 7.05 Å². The maximum absolute atomic E-state index is 14.0. The number of aryl methyl sites for hydroxylation is 1. The molecule has 2 aliphatic rings. The first kappa shape index (κ1) is 59.1. The van der Waals surface area contributed by atoms with Gasteiger partial charge >= 0.3 is 12.1 Å². The van der Waals surface area contributed by atoms with E-state index in [1.54, 1.807) is 79.8 Å². The molecule has 10 rings (SSSR count). The lowest BCUT2D eigenvalue weighted by molar-refractivity contribution is -0.267. The second-order valence-electron chi connectivity index (χ2n) is 19.9. The van der Waals surface area contributed by atoms with Crippen molar-refractivity contribution in [3.63, 3.8) is 0 Å². The van der Waals surface area contributed by atoms with Crippen LogP contribution in [0.4, 0.5) is 35.9 Å². The van der Waals surface area contributed by atoms with Crippen LogP contribution in [0, 0.1) is 6.92 Å². The minimum atomic E-state index is -5.20. The fourth-order valence-corrected chi connectivity index (χ4v) is 14.4. The van der Waals surface area contributed by atoms with Gasteiger partial charge in [0.2, 0.25) is 0 Å². The molecule has 1 amide bonds. The number of esters is 1. The number of aliphatic hydroxyl groups is 1. The van der Waals surface area contributed by atoms with Gasteiger partial charge < -0.3 is 24.2 Å². The number of para-hydroxylation sites is 3. The first-order valence-electron chi connectivity index (χ1n) is 25.7. The average molecular weight is 1150 g/mol. The van der Waals surface area contributed by atoms with Gasteiger partial charge in [-0.3, -0.25) is 23.0 Å². The Hall–Kier alpha value is -7.98. The molecule has 3 atom stereocenters. The molecule has 1 N–H and O–H groups in total. The van der Waals surface area contributed by atoms with E-state index >= 15 is 0 Å². The molecule has 1 unspecified atom stereocenters. The van der Waals surface area contributed by atoms with Gasteiger partial charge in [0.15, 0.2) is 5.78 Å². The first-order chi connectivity index (χ1) is 38.2. The fraction of sp³-hybridized carbons (Fsp3) is 0.283. The van der Waals surface area contributed by atoms with Gasteiger partial charge in [-0.2, -0.15) is 13.2 Å². The molecule has 1 aromatic heterocycles. The summed E-state index contributed by atoms with van der Waals surface area (Å²) in [6, 6.07) is 41.0. The summed E-state index contributed by atoms with van der Waals surface area (Å²) in [6.45, 7) is 3.99. The van der Waals surface area contributed by atoms with Crippen molar-refractivity contribution in [3.05, 3.63) is 168 Å². The van der Waals surface area contributed by atoms with Crippen molar-refractivity contribution in [3.8, 4) is 0 Å². The predicted molar refractivity (Wildman–Crippen MR) is 308 cm³/mol. The molecule has 16 nitrogen and oxygen atoms in total. The van der Waals surface area contributed by atoms with Crippen LogP contribution < -0.4 is 18.4 Å². The lowest BCUT2D eigenvalue weighted by atomic mass is 9.90. The number of hydroxylamine groups is 2. The van der Waals surface area contributed by atoms with Crippen LogP contribution in [0.1, 0.15) is 36.2 Å². The Morgan fingerprint density at radius 3 is 1.49 bits per heavy atom. The number of aromatic nitrogens is 1. The number of carbonyl (C=O) groups is 3. The number of nitrogens with zero attached hydrogens (tertiary/aromatic N) is 6. The molecule has 21 heteroatoms. The lowest BCUT2D eigenvalue weighted by Gasteiger charge is -2.29. The standard InChI is InChI=1S/C23H25N3O4S.C22H22N2O3S.C15H16F3NO3/c1-24(2)20-13-7-11-18-17(20)10-8-14-22(18)31(28,29)26-19-12-6-5-9-16(19)15-21(26)23(27)25(3)30-4;1-15(25)21-14-16-8-4-5-11-19(16)24(21)28(26,27)22-13-7-9-17-18(22)10-6-12-20(17)23(2)3;1-4-22-13(20)14(21,15(16,17)18)12-9(2)19(3)11-8-6-5-7-10(11)12/h5-14,21H,15H2,1-4H3;4-13,21H,14H2,1-3H3;5-8,21H,4H2,1-3H3/t2*21-;/m00./s1. The van der Waals surface area contributed by atoms with Gasteiger partial charge in [-0.05, 0) is 74.4 Å². The number of benzene rings is 7. The largest absolute Gasteiger partial charge is 0.463 e. The number of fused-ring (bicyclic) bond motifs is 5. The van der Waals surface area contributed by atoms with E-state index in [4.69, 9.17) is 4.84 Å². The molecule has 0 spiro atoms. The highest BCUT2D eigenvalue weighted by Crippen LogP contribution is 2.46. The number of halogens is 3. The molecular weight excluding hydrogens is 1090 g/mol. The van der Waals surface area contributed by atoms with E-state index in [0.29, 0.717) is 34.1 Å². The molecule has 0 fully saturated rings. The van der Waals surface area contributed by atoms with E-state index in [9.17, 15) is 49.5 Å². The van der Waals surface area contributed by atoms with Crippen LogP contribution in [0.25, 0.3) is 32.4 Å². The van der Waals surface area contributed by atoms with Gasteiger partial charge in [0.05, 0.1) is 34.9 Å². The summed E-state index contributed by atoms with van der Waals surface area (Å²) in [5.74, 6) is -2.30. The van der Waals surface area contributed by atoms with E-state index in [1.807, 2.05) is 105 Å². The Morgan fingerprint density at radius 1 is 0.617 bits per heavy atom. The number of rotatable bonds is 12. The highest BCUT2D eigenvalue weighted by molar-refractivity contribution is 7.93. The van der Waals surface area contributed by atoms with Crippen molar-refractivity contribution in [2.75, 3.05) is 67.4 Å². The molecule has 2 aliphatic heterocycles. The Morgan fingerprint density at radius 2 is 1.04 bits per heavy atom. The van der Waals surface area contributed by atoms with Gasteiger partial charge in [0, 0.05) is 110 Å². The predicted octanol–water partition coefficient (Wildman–Crippen LogP) is 9.46. The number of amides is 1. The Balaban J connectivity index is 0.000000162. The Labute approximate surface area is 469 Å². The van der Waals surface area contributed by atoms with Gasteiger partial charge in [0.1, 0.15) is 12.1 Å². The number of ketones is 1. The highest BCUT2D eigenvalue weighted by atomic mass is 32.2. The molecule has 0 radical (unpaired) electrons. The molecule has 0 aliphatic carbocycles. The number of hydrogen-bond acceptors (Lipinski definition) is 12. The Kier molecular flexibility index (Phi) is 16.7. The number of sulfonamides is 2. The maximum Gasteiger partial charge on any atom is 0.432 e. The molecule has 0 bridgehead atoms. The zero-order valence-electron chi connectivity index (χ0n) is 46.4. The summed E-state index contributed by atoms with van der Waals surface area (Å²) < 4.78 is 105. The third kappa shape index (κ3) is 10.5. The Bertz CT molecular complexity index is 3960. The smallest absolute Gasteiger partial charge is 0.432 e. The van der Waals surface area contributed by atoms with E-state index in [-0.39, 0.29) is 39.7 Å². The highest BCUT2D eigenvalue weighted by Gasteiger charge is 2.64. The van der Waals surface area contributed by atoms with Gasteiger partial charge in [-0.15, -0.1) is 0 Å². The van der Waals surface area contributed by atoms with Crippen molar-refractivity contribution in [2.45, 2.75) is 67.3 Å². The molecule has 3 heterocycles. The number of carbonyl (C=O) groups excluding carboxylic acids is 3. The van der Waals surface area contributed by atoms with Crippen LogP contribution in [-0.2, 0) is 69.5 Å². The average Bonchev–Trinajstić information content (AvgIpc) is 4.32. The van der Waals surface area contributed by atoms with E-state index < -0.39 is 61.3 Å². The van der Waals surface area contributed by atoms with Crippen LogP contribution in [-0.4, -0.2) is 116 Å². The van der Waals surface area contributed by atoms with E-state index in [0.717, 1.165) is 38.3 Å². The minimum Gasteiger partial charge on any atom is -0.463 e. The topological polar surface area (TPSA) is 179 Å². The van der Waals surface area contributed by atoms with Crippen LogP contribution >= 0.6 is 0 Å². The first-order valence-corrected chi connectivity index (χ1v) is 28.6. The molecule has 0 saturated carbocycles. The molecule has 8 aromatic rings. The number of ether oxygens (including phenoxy) is 1. The number of Topliss-reactive ketones (excluding diaryl/α,β-unsaturated/α-hetero) is 1. The SMILES string of the molecule is CC(=O)[C@@H]1Cc2ccccc2N1S(=O)(=O)c1cccc2c(N(C)C)cccc12.CCOC(=O)C(O)(c1c(C)n(C)c2ccccc12)C(F)(F)F.CON(C)C(=O)[C@@H]1Cc2ccccc2N1S(=O)(=O)c1cccc2c(N(C)C)cccc12. The zero-order chi connectivity index (χ0) is 59.1. The minimum absolute atomic E-state index is 0.147. The second kappa shape index (κ2) is 22.9. The third-order valence-corrected chi connectivity index (χ3v) is 18.4. The monoisotopic (exact) mass is 1150 g/mol. The molecule has 0 saturated heterocycles. The summed E-state index contributed by atoms with van der Waals surface area (Å²) in [6.07, 6.45) is -4.51. The summed E-state index contributed by atoms with van der Waals surface area (Å²) >= 11 is 0. The van der Waals surface area contributed by atoms with E-state index in [1.165, 1.54) is 54.2 Å². The summed E-state index contributed by atoms with van der Waals surface area (Å²) in [5.41, 5.74) is 1.10. The molecular formula is C60H63F3N6O10S2. The number of alkyl halides is 3. The second-order valence-corrected chi connectivity index (χ2v) is 23.5. The van der Waals surface area contributed by atoms with Gasteiger partial charge in [-0.25, -0.2) is 26.7 Å². The summed E-state index contributed by atoms with van der Waals surface area (Å²) in [4.78, 5) is 46.6. The molecule has 426 valence electrons. The molecule has 7 aromatic carbocycles. The van der Waals surface area contributed by atoms with Crippen molar-refractivity contribution < 1.29 is 59.1 Å². The van der Waals surface area contributed by atoms with Crippen LogP contribution in [0.3, 0.4) is 0 Å². The number of anilines is 4. The zero-order valence-corrected chi connectivity index (χ0v) is 48.0. The fourth-order valence-electron chi connectivity index (χ4n) is 10.6. The van der Waals surface area contributed by atoms with E-state index in [2.05, 4.69) is 4.74 Å². The summed E-state index contributed by atoms with van der Waals surface area (Å²) in [7, 11) is 4.17. The maximum atomic E-state index is 14.0. The number of hydrogen-bond donors (Lipinski definition) is 1. The van der Waals surface area contributed by atoms with Crippen molar-refractivity contribution in [1.29, 1.82) is 0 Å². The van der Waals surface area contributed by atoms with Gasteiger partial charge in [-0.1, -0.05) is 103 Å². The van der Waals surface area contributed by atoms with Crippen molar-refractivity contribution in [1.82, 2.24) is 9.63 Å².